The zero-order valence-corrected chi connectivity index (χ0v) is 12.4. The Bertz CT molecular complexity index is 466. The molecular weight excluding hydrogens is 331 g/mol. The average molecular weight is 348 g/mol. The lowest BCUT2D eigenvalue weighted by Crippen LogP contribution is -2.31. The van der Waals surface area contributed by atoms with Crippen molar-refractivity contribution in [2.24, 2.45) is 5.92 Å². The second-order valence-corrected chi connectivity index (χ2v) is 5.59. The van der Waals surface area contributed by atoms with E-state index in [2.05, 4.69) is 46.7 Å². The molecule has 0 spiro atoms. The number of aromatic amines is 1. The van der Waals surface area contributed by atoms with Gasteiger partial charge in [0, 0.05) is 15.8 Å². The molecule has 0 aliphatic rings. The van der Waals surface area contributed by atoms with Gasteiger partial charge in [-0.05, 0) is 47.9 Å². The van der Waals surface area contributed by atoms with Gasteiger partial charge in [-0.2, -0.15) is 0 Å². The summed E-state index contributed by atoms with van der Waals surface area (Å²) in [6, 6.07) is 1.62. The maximum atomic E-state index is 11.8. The van der Waals surface area contributed by atoms with Crippen LogP contribution >= 0.6 is 22.6 Å². The summed E-state index contributed by atoms with van der Waals surface area (Å²) in [7, 11) is 0. The van der Waals surface area contributed by atoms with E-state index in [1.165, 1.54) is 0 Å². The van der Waals surface area contributed by atoms with E-state index < -0.39 is 0 Å². The van der Waals surface area contributed by atoms with Crippen molar-refractivity contribution in [1.82, 2.24) is 10.3 Å². The van der Waals surface area contributed by atoms with E-state index in [0.29, 0.717) is 12.5 Å². The minimum Gasteiger partial charge on any atom is -0.352 e. The lowest BCUT2D eigenvalue weighted by Gasteiger charge is -2.07. The smallest absolute Gasteiger partial charge is 0.261 e. The van der Waals surface area contributed by atoms with Crippen LogP contribution < -0.4 is 10.9 Å². The van der Waals surface area contributed by atoms with Gasteiger partial charge in [0.1, 0.15) is 5.56 Å². The number of aromatic nitrogens is 1. The summed E-state index contributed by atoms with van der Waals surface area (Å²) < 4.78 is 0.885. The highest BCUT2D eigenvalue weighted by Gasteiger charge is 2.11. The summed E-state index contributed by atoms with van der Waals surface area (Å²) in [5.41, 5.74) is 0.642. The summed E-state index contributed by atoms with van der Waals surface area (Å²) >= 11 is 2.10. The van der Waals surface area contributed by atoms with Crippen molar-refractivity contribution in [3.05, 3.63) is 31.2 Å². The maximum Gasteiger partial charge on any atom is 0.261 e. The van der Waals surface area contributed by atoms with Crippen LogP contribution in [0.4, 0.5) is 0 Å². The van der Waals surface area contributed by atoms with E-state index in [9.17, 15) is 9.59 Å². The monoisotopic (exact) mass is 348 g/mol. The molecule has 1 aromatic heterocycles. The van der Waals surface area contributed by atoms with Crippen LogP contribution in [-0.4, -0.2) is 17.4 Å². The second-order valence-electron chi connectivity index (χ2n) is 4.42. The molecule has 0 atom stereocenters. The van der Waals surface area contributed by atoms with Crippen molar-refractivity contribution >= 4 is 28.5 Å². The second kappa shape index (κ2) is 6.18. The SMILES string of the molecule is Cc1[nH]c(=O)c(C(=O)NCCC(C)C)cc1I. The molecule has 1 heterocycles. The number of amides is 1. The van der Waals surface area contributed by atoms with Crippen LogP contribution in [0.25, 0.3) is 0 Å². The topological polar surface area (TPSA) is 62.0 Å². The Morgan fingerprint density at radius 3 is 2.76 bits per heavy atom. The number of halogens is 1. The standard InChI is InChI=1S/C12H17IN2O2/c1-7(2)4-5-14-11(16)9-6-10(13)8(3)15-12(9)17/h6-7H,4-5H2,1-3H3,(H,14,16)(H,15,17). The molecule has 0 bridgehead atoms. The third-order valence-corrected chi connectivity index (χ3v) is 3.55. The molecule has 0 aliphatic heterocycles. The predicted molar refractivity (Wildman–Crippen MR) is 76.3 cm³/mol. The van der Waals surface area contributed by atoms with Crippen molar-refractivity contribution in [3.8, 4) is 0 Å². The minimum atomic E-state index is -0.329. The van der Waals surface area contributed by atoms with Crippen molar-refractivity contribution in [1.29, 1.82) is 0 Å². The Morgan fingerprint density at radius 2 is 2.18 bits per heavy atom. The number of rotatable bonds is 4. The highest BCUT2D eigenvalue weighted by Crippen LogP contribution is 2.07. The molecule has 0 saturated carbocycles. The first-order chi connectivity index (χ1) is 7.91. The molecule has 0 saturated heterocycles. The fraction of sp³-hybridized carbons (Fsp3) is 0.500. The van der Waals surface area contributed by atoms with Crippen LogP contribution in [0.2, 0.25) is 0 Å². The van der Waals surface area contributed by atoms with Gasteiger partial charge >= 0.3 is 0 Å². The van der Waals surface area contributed by atoms with E-state index in [-0.39, 0.29) is 17.0 Å². The number of pyridine rings is 1. The number of carbonyl (C=O) groups excluding carboxylic acids is 1. The maximum absolute atomic E-state index is 11.8. The van der Waals surface area contributed by atoms with Crippen molar-refractivity contribution in [2.45, 2.75) is 27.2 Å². The highest BCUT2D eigenvalue weighted by atomic mass is 127. The lowest BCUT2D eigenvalue weighted by atomic mass is 10.1. The fourth-order valence-electron chi connectivity index (χ4n) is 1.34. The number of nitrogens with one attached hydrogen (secondary N) is 2. The zero-order valence-electron chi connectivity index (χ0n) is 10.3. The molecule has 1 amide bonds. The van der Waals surface area contributed by atoms with Gasteiger partial charge in [0.05, 0.1) is 0 Å². The van der Waals surface area contributed by atoms with Crippen LogP contribution in [0, 0.1) is 16.4 Å². The molecule has 0 fully saturated rings. The first-order valence-corrected chi connectivity index (χ1v) is 6.67. The molecule has 4 nitrogen and oxygen atoms in total. The number of aryl methyl sites for hydroxylation is 1. The molecule has 0 aliphatic carbocycles. The van der Waals surface area contributed by atoms with E-state index in [4.69, 9.17) is 0 Å². The van der Waals surface area contributed by atoms with Gasteiger partial charge in [-0.25, -0.2) is 0 Å². The summed E-state index contributed by atoms with van der Waals surface area (Å²) in [5, 5.41) is 2.76. The van der Waals surface area contributed by atoms with Crippen molar-refractivity contribution in [2.75, 3.05) is 6.54 Å². The minimum absolute atomic E-state index is 0.184. The Labute approximate surface area is 114 Å². The van der Waals surface area contributed by atoms with Crippen molar-refractivity contribution < 1.29 is 4.79 Å². The first-order valence-electron chi connectivity index (χ1n) is 5.59. The van der Waals surface area contributed by atoms with Gasteiger partial charge in [-0.1, -0.05) is 13.8 Å². The fourth-order valence-corrected chi connectivity index (χ4v) is 1.78. The summed E-state index contributed by atoms with van der Waals surface area (Å²) in [6.45, 7) is 6.59. The van der Waals surface area contributed by atoms with Crippen LogP contribution in [0.15, 0.2) is 10.9 Å². The number of carbonyl (C=O) groups is 1. The van der Waals surface area contributed by atoms with Gasteiger partial charge in [-0.3, -0.25) is 9.59 Å². The molecule has 5 heteroatoms. The highest BCUT2D eigenvalue weighted by molar-refractivity contribution is 14.1. The Kier molecular flexibility index (Phi) is 5.17. The summed E-state index contributed by atoms with van der Waals surface area (Å²) in [4.78, 5) is 26.1. The molecule has 2 N–H and O–H groups in total. The molecule has 0 unspecified atom stereocenters. The van der Waals surface area contributed by atoms with Crippen molar-refractivity contribution in [3.63, 3.8) is 0 Å². The van der Waals surface area contributed by atoms with Crippen LogP contribution in [0.3, 0.4) is 0 Å². The van der Waals surface area contributed by atoms with Gasteiger partial charge in [0.15, 0.2) is 0 Å². The molecule has 94 valence electrons. The van der Waals surface area contributed by atoms with Crippen LogP contribution in [-0.2, 0) is 0 Å². The average Bonchev–Trinajstić information content (AvgIpc) is 2.22. The first kappa shape index (κ1) is 14.2. The number of hydrogen-bond acceptors (Lipinski definition) is 2. The number of hydrogen-bond donors (Lipinski definition) is 2. The molecule has 17 heavy (non-hydrogen) atoms. The quantitative estimate of drug-likeness (QED) is 0.819. The third kappa shape index (κ3) is 4.14. The van der Waals surface area contributed by atoms with Gasteiger partial charge in [0.2, 0.25) is 0 Å². The van der Waals surface area contributed by atoms with E-state index >= 15 is 0 Å². The predicted octanol–water partition coefficient (Wildman–Crippen LogP) is 2.06. The molecule has 0 radical (unpaired) electrons. The lowest BCUT2D eigenvalue weighted by molar-refractivity contribution is 0.0950. The molecule has 0 aromatic carbocycles. The van der Waals surface area contributed by atoms with E-state index in [1.54, 1.807) is 6.07 Å². The molecule has 1 aromatic rings. The van der Waals surface area contributed by atoms with Crippen LogP contribution in [0.1, 0.15) is 36.3 Å². The van der Waals surface area contributed by atoms with Gasteiger partial charge in [0.25, 0.3) is 11.5 Å². The Balaban J connectivity index is 2.76. The number of H-pyrrole nitrogens is 1. The summed E-state index contributed by atoms with van der Waals surface area (Å²) in [5.74, 6) is 0.233. The largest absolute Gasteiger partial charge is 0.352 e. The Hall–Kier alpha value is -0.850. The molecule has 1 rings (SSSR count). The normalized spacial score (nSPS) is 10.6. The zero-order chi connectivity index (χ0) is 13.0. The third-order valence-electron chi connectivity index (χ3n) is 2.43. The molecular formula is C12H17IN2O2. The van der Waals surface area contributed by atoms with E-state index in [1.807, 2.05) is 6.92 Å². The Morgan fingerprint density at radius 1 is 1.53 bits per heavy atom. The van der Waals surface area contributed by atoms with Crippen LogP contribution in [0.5, 0.6) is 0 Å². The van der Waals surface area contributed by atoms with Gasteiger partial charge < -0.3 is 10.3 Å². The summed E-state index contributed by atoms with van der Waals surface area (Å²) in [6.07, 6.45) is 0.909. The van der Waals surface area contributed by atoms with E-state index in [0.717, 1.165) is 15.7 Å². The van der Waals surface area contributed by atoms with Gasteiger partial charge in [-0.15, -0.1) is 0 Å².